The fourth-order valence-electron chi connectivity index (χ4n) is 3.06. The molecule has 0 radical (unpaired) electrons. The molecular formula is C18H24N4O3. The van der Waals surface area contributed by atoms with Crippen molar-refractivity contribution in [2.24, 2.45) is 7.05 Å². The van der Waals surface area contributed by atoms with Gasteiger partial charge in [-0.2, -0.15) is 5.10 Å². The molecule has 7 heteroatoms. The number of aryl methyl sites for hydroxylation is 1. The van der Waals surface area contributed by atoms with Gasteiger partial charge in [0.2, 0.25) is 0 Å². The van der Waals surface area contributed by atoms with Crippen molar-refractivity contribution in [3.05, 3.63) is 41.7 Å². The summed E-state index contributed by atoms with van der Waals surface area (Å²) in [4.78, 5) is 16.7. The van der Waals surface area contributed by atoms with E-state index in [1.165, 1.54) is 5.56 Å². The molecule has 1 aromatic heterocycles. The molecule has 134 valence electrons. The van der Waals surface area contributed by atoms with Crippen molar-refractivity contribution in [2.45, 2.75) is 6.54 Å². The maximum absolute atomic E-state index is 12.5. The number of nitrogens with zero attached hydrogens (tertiary/aromatic N) is 4. The van der Waals surface area contributed by atoms with Crippen LogP contribution in [0.25, 0.3) is 0 Å². The quantitative estimate of drug-likeness (QED) is 0.820. The molecule has 1 fully saturated rings. The number of ether oxygens (including phenoxy) is 2. The van der Waals surface area contributed by atoms with Gasteiger partial charge in [-0.1, -0.05) is 6.07 Å². The van der Waals surface area contributed by atoms with E-state index in [4.69, 9.17) is 9.47 Å². The van der Waals surface area contributed by atoms with Crippen LogP contribution in [0.15, 0.2) is 30.6 Å². The summed E-state index contributed by atoms with van der Waals surface area (Å²) in [6, 6.07) is 5.98. The first-order valence-electron chi connectivity index (χ1n) is 8.32. The van der Waals surface area contributed by atoms with Gasteiger partial charge in [-0.05, 0) is 17.7 Å². The van der Waals surface area contributed by atoms with Gasteiger partial charge in [-0.3, -0.25) is 14.4 Å². The maximum Gasteiger partial charge on any atom is 0.257 e. The number of methoxy groups -OCH3 is 2. The molecule has 1 saturated heterocycles. The smallest absolute Gasteiger partial charge is 0.257 e. The van der Waals surface area contributed by atoms with E-state index in [-0.39, 0.29) is 5.91 Å². The maximum atomic E-state index is 12.5. The van der Waals surface area contributed by atoms with E-state index in [2.05, 4.69) is 16.1 Å². The van der Waals surface area contributed by atoms with Crippen LogP contribution in [0, 0.1) is 0 Å². The summed E-state index contributed by atoms with van der Waals surface area (Å²) in [6.45, 7) is 3.97. The zero-order valence-corrected chi connectivity index (χ0v) is 14.9. The highest BCUT2D eigenvalue weighted by Gasteiger charge is 2.23. The van der Waals surface area contributed by atoms with Crippen LogP contribution < -0.4 is 9.47 Å². The van der Waals surface area contributed by atoms with Gasteiger partial charge in [0.05, 0.1) is 26.0 Å². The van der Waals surface area contributed by atoms with Crippen LogP contribution in [-0.2, 0) is 13.6 Å². The first-order chi connectivity index (χ1) is 12.1. The standard InChI is InChI=1S/C18H24N4O3/c1-20-13-15(11-19-20)18(23)22-8-6-21(7-9-22)12-14-4-5-16(24-2)17(10-14)25-3/h4-5,10-11,13H,6-9,12H2,1-3H3. The first-order valence-corrected chi connectivity index (χ1v) is 8.32. The van der Waals surface area contributed by atoms with Crippen molar-refractivity contribution in [2.75, 3.05) is 40.4 Å². The number of benzene rings is 1. The van der Waals surface area contributed by atoms with E-state index < -0.39 is 0 Å². The van der Waals surface area contributed by atoms with Gasteiger partial charge < -0.3 is 14.4 Å². The summed E-state index contributed by atoms with van der Waals surface area (Å²) in [6.07, 6.45) is 3.39. The molecule has 7 nitrogen and oxygen atoms in total. The molecule has 0 spiro atoms. The molecule has 0 unspecified atom stereocenters. The van der Waals surface area contributed by atoms with Crippen LogP contribution >= 0.6 is 0 Å². The summed E-state index contributed by atoms with van der Waals surface area (Å²) in [5.74, 6) is 1.53. The number of hydrogen-bond donors (Lipinski definition) is 0. The second-order valence-electron chi connectivity index (χ2n) is 6.16. The van der Waals surface area contributed by atoms with Crippen LogP contribution in [0.1, 0.15) is 15.9 Å². The van der Waals surface area contributed by atoms with Crippen LogP contribution in [-0.4, -0.2) is 65.9 Å². The topological polar surface area (TPSA) is 59.8 Å². The predicted molar refractivity (Wildman–Crippen MR) is 93.9 cm³/mol. The van der Waals surface area contributed by atoms with E-state index in [9.17, 15) is 4.79 Å². The Labute approximate surface area is 147 Å². The van der Waals surface area contributed by atoms with Crippen molar-refractivity contribution >= 4 is 5.91 Å². The lowest BCUT2D eigenvalue weighted by Crippen LogP contribution is -2.48. The average Bonchev–Trinajstić information content (AvgIpc) is 3.08. The average molecular weight is 344 g/mol. The molecule has 1 amide bonds. The molecule has 0 atom stereocenters. The Hall–Kier alpha value is -2.54. The number of amides is 1. The predicted octanol–water partition coefficient (Wildman–Crippen LogP) is 1.40. The molecule has 2 heterocycles. The van der Waals surface area contributed by atoms with Gasteiger partial charge >= 0.3 is 0 Å². The van der Waals surface area contributed by atoms with Crippen LogP contribution in [0.5, 0.6) is 11.5 Å². The number of piperazine rings is 1. The van der Waals surface area contributed by atoms with Gasteiger partial charge in [0.15, 0.2) is 11.5 Å². The lowest BCUT2D eigenvalue weighted by atomic mass is 10.1. The number of carbonyl (C=O) groups is 1. The second-order valence-corrected chi connectivity index (χ2v) is 6.16. The minimum atomic E-state index is 0.0545. The minimum absolute atomic E-state index is 0.0545. The Kier molecular flexibility index (Phi) is 5.23. The van der Waals surface area contributed by atoms with Crippen molar-refractivity contribution in [1.29, 1.82) is 0 Å². The molecule has 0 saturated carbocycles. The van der Waals surface area contributed by atoms with Gasteiger partial charge in [-0.25, -0.2) is 0 Å². The molecule has 0 bridgehead atoms. The zero-order valence-electron chi connectivity index (χ0n) is 14.9. The Morgan fingerprint density at radius 2 is 1.84 bits per heavy atom. The Bertz CT molecular complexity index is 736. The van der Waals surface area contributed by atoms with Crippen molar-refractivity contribution in [1.82, 2.24) is 19.6 Å². The zero-order chi connectivity index (χ0) is 17.8. The van der Waals surface area contributed by atoms with Crippen LogP contribution in [0.2, 0.25) is 0 Å². The van der Waals surface area contributed by atoms with Crippen LogP contribution in [0.4, 0.5) is 0 Å². The van der Waals surface area contributed by atoms with Gasteiger partial charge in [-0.15, -0.1) is 0 Å². The van der Waals surface area contributed by atoms with Crippen LogP contribution in [0.3, 0.4) is 0 Å². The summed E-state index contributed by atoms with van der Waals surface area (Å²) in [7, 11) is 5.10. The monoisotopic (exact) mass is 344 g/mol. The third kappa shape index (κ3) is 3.93. The number of aromatic nitrogens is 2. The number of rotatable bonds is 5. The molecule has 2 aromatic rings. The highest BCUT2D eigenvalue weighted by molar-refractivity contribution is 5.93. The van der Waals surface area contributed by atoms with E-state index in [0.717, 1.165) is 44.2 Å². The molecule has 1 aromatic carbocycles. The Balaban J connectivity index is 1.57. The van der Waals surface area contributed by atoms with Gasteiger partial charge in [0, 0.05) is 46.0 Å². The van der Waals surface area contributed by atoms with Crippen molar-refractivity contribution in [3.8, 4) is 11.5 Å². The lowest BCUT2D eigenvalue weighted by Gasteiger charge is -2.34. The van der Waals surface area contributed by atoms with E-state index in [1.54, 1.807) is 31.3 Å². The largest absolute Gasteiger partial charge is 0.493 e. The summed E-state index contributed by atoms with van der Waals surface area (Å²) >= 11 is 0. The molecular weight excluding hydrogens is 320 g/mol. The highest BCUT2D eigenvalue weighted by atomic mass is 16.5. The van der Waals surface area contributed by atoms with Crippen molar-refractivity contribution < 1.29 is 14.3 Å². The summed E-state index contributed by atoms with van der Waals surface area (Å²) in [5.41, 5.74) is 1.82. The fraction of sp³-hybridized carbons (Fsp3) is 0.444. The SMILES string of the molecule is COc1ccc(CN2CCN(C(=O)c3cnn(C)c3)CC2)cc1OC. The Morgan fingerprint density at radius 1 is 1.12 bits per heavy atom. The summed E-state index contributed by atoms with van der Waals surface area (Å²) in [5, 5.41) is 4.07. The molecule has 1 aliphatic heterocycles. The van der Waals surface area contributed by atoms with Gasteiger partial charge in [0.25, 0.3) is 5.91 Å². The molecule has 25 heavy (non-hydrogen) atoms. The normalized spacial score (nSPS) is 15.2. The lowest BCUT2D eigenvalue weighted by molar-refractivity contribution is 0.0628. The minimum Gasteiger partial charge on any atom is -0.493 e. The Morgan fingerprint density at radius 3 is 2.44 bits per heavy atom. The molecule has 0 N–H and O–H groups in total. The molecule has 3 rings (SSSR count). The van der Waals surface area contributed by atoms with E-state index in [1.807, 2.05) is 24.1 Å². The third-order valence-corrected chi connectivity index (χ3v) is 4.47. The third-order valence-electron chi connectivity index (χ3n) is 4.47. The first kappa shape index (κ1) is 17.3. The highest BCUT2D eigenvalue weighted by Crippen LogP contribution is 2.28. The molecule has 0 aliphatic carbocycles. The summed E-state index contributed by atoms with van der Waals surface area (Å²) < 4.78 is 12.3. The number of carbonyl (C=O) groups excluding carboxylic acids is 1. The second kappa shape index (κ2) is 7.57. The fourth-order valence-corrected chi connectivity index (χ4v) is 3.06. The van der Waals surface area contributed by atoms with E-state index >= 15 is 0 Å². The van der Waals surface area contributed by atoms with Gasteiger partial charge in [0.1, 0.15) is 0 Å². The number of hydrogen-bond acceptors (Lipinski definition) is 5. The van der Waals surface area contributed by atoms with E-state index in [0.29, 0.717) is 5.56 Å². The van der Waals surface area contributed by atoms with Crippen molar-refractivity contribution in [3.63, 3.8) is 0 Å². The molecule has 1 aliphatic rings.